The number of carbonyl (C=O) groups excluding carboxylic acids is 2. The standard InChI is InChI=1S/C22H14Br3N3O6/c23-15-9-18(24)21(19(25)10-15)33-12-20(29)27-26-11-13-1-7-17(8-2-13)34-22(30)14-3-5-16(6-4-14)28(31)32/h1-11H,12H2,(H,27,29)/b26-11-. The Morgan fingerprint density at radius 1 is 1.00 bits per heavy atom. The zero-order valence-corrected chi connectivity index (χ0v) is 21.8. The molecule has 174 valence electrons. The molecule has 0 spiro atoms. The second-order valence-corrected chi connectivity index (χ2v) is 9.17. The van der Waals surface area contributed by atoms with Crippen LogP contribution in [-0.2, 0) is 4.79 Å². The number of halogens is 3. The van der Waals surface area contributed by atoms with Gasteiger partial charge in [0.15, 0.2) is 6.61 Å². The Kier molecular flexibility index (Phi) is 8.91. The number of esters is 1. The van der Waals surface area contributed by atoms with Gasteiger partial charge in [-0.3, -0.25) is 14.9 Å². The van der Waals surface area contributed by atoms with Gasteiger partial charge in [-0.25, -0.2) is 10.2 Å². The summed E-state index contributed by atoms with van der Waals surface area (Å²) in [5, 5.41) is 14.6. The summed E-state index contributed by atoms with van der Waals surface area (Å²) in [6.07, 6.45) is 1.42. The van der Waals surface area contributed by atoms with E-state index in [1.54, 1.807) is 36.4 Å². The van der Waals surface area contributed by atoms with Gasteiger partial charge >= 0.3 is 5.97 Å². The zero-order valence-electron chi connectivity index (χ0n) is 17.0. The number of hydrogen-bond acceptors (Lipinski definition) is 7. The summed E-state index contributed by atoms with van der Waals surface area (Å²) in [5.41, 5.74) is 3.08. The van der Waals surface area contributed by atoms with E-state index in [9.17, 15) is 19.7 Å². The van der Waals surface area contributed by atoms with Gasteiger partial charge in [0.05, 0.1) is 25.6 Å². The van der Waals surface area contributed by atoms with Gasteiger partial charge in [0, 0.05) is 16.6 Å². The molecule has 0 saturated heterocycles. The van der Waals surface area contributed by atoms with Gasteiger partial charge in [0.1, 0.15) is 11.5 Å². The topological polar surface area (TPSA) is 120 Å². The van der Waals surface area contributed by atoms with E-state index in [0.717, 1.165) is 4.47 Å². The van der Waals surface area contributed by atoms with Crippen LogP contribution in [0.3, 0.4) is 0 Å². The van der Waals surface area contributed by atoms with E-state index in [2.05, 4.69) is 58.3 Å². The molecular formula is C22H14Br3N3O6. The Labute approximate surface area is 218 Å². The van der Waals surface area contributed by atoms with Crippen LogP contribution in [0, 0.1) is 10.1 Å². The number of ether oxygens (including phenoxy) is 2. The number of carbonyl (C=O) groups is 2. The van der Waals surface area contributed by atoms with Crippen LogP contribution in [0.5, 0.6) is 11.5 Å². The number of hydrazone groups is 1. The van der Waals surface area contributed by atoms with Crippen molar-refractivity contribution in [1.82, 2.24) is 5.43 Å². The fourth-order valence-electron chi connectivity index (χ4n) is 2.52. The van der Waals surface area contributed by atoms with E-state index in [0.29, 0.717) is 20.3 Å². The first-order valence-corrected chi connectivity index (χ1v) is 11.8. The molecule has 0 fully saturated rings. The third-order valence-corrected chi connectivity index (χ3v) is 5.75. The molecule has 3 rings (SSSR count). The van der Waals surface area contributed by atoms with E-state index in [1.165, 1.54) is 30.5 Å². The minimum Gasteiger partial charge on any atom is -0.481 e. The van der Waals surface area contributed by atoms with Gasteiger partial charge < -0.3 is 9.47 Å². The van der Waals surface area contributed by atoms with Gasteiger partial charge in [-0.05, 0) is 86.0 Å². The number of rotatable bonds is 8. The van der Waals surface area contributed by atoms with Crippen molar-refractivity contribution < 1.29 is 24.0 Å². The summed E-state index contributed by atoms with van der Waals surface area (Å²) in [6, 6.07) is 15.1. The molecule has 0 aliphatic heterocycles. The second kappa shape index (κ2) is 11.9. The first-order valence-electron chi connectivity index (χ1n) is 9.39. The molecule has 3 aromatic rings. The van der Waals surface area contributed by atoms with E-state index in [4.69, 9.17) is 9.47 Å². The minimum atomic E-state index is -0.646. The van der Waals surface area contributed by atoms with Crippen molar-refractivity contribution in [1.29, 1.82) is 0 Å². The molecule has 0 bridgehead atoms. The Morgan fingerprint density at radius 3 is 2.21 bits per heavy atom. The molecule has 1 amide bonds. The lowest BCUT2D eigenvalue weighted by Gasteiger charge is -2.09. The average molecular weight is 656 g/mol. The lowest BCUT2D eigenvalue weighted by Crippen LogP contribution is -2.24. The van der Waals surface area contributed by atoms with Gasteiger partial charge in [-0.1, -0.05) is 15.9 Å². The van der Waals surface area contributed by atoms with Crippen LogP contribution in [0.25, 0.3) is 0 Å². The molecule has 0 unspecified atom stereocenters. The quantitative estimate of drug-likeness (QED) is 0.110. The molecule has 0 atom stereocenters. The van der Waals surface area contributed by atoms with Crippen LogP contribution in [0.2, 0.25) is 0 Å². The highest BCUT2D eigenvalue weighted by atomic mass is 79.9. The maximum absolute atomic E-state index is 12.2. The smallest absolute Gasteiger partial charge is 0.343 e. The number of nitrogens with one attached hydrogen (secondary N) is 1. The number of benzene rings is 3. The minimum absolute atomic E-state index is 0.118. The summed E-state index contributed by atoms with van der Waals surface area (Å²) < 4.78 is 13.0. The summed E-state index contributed by atoms with van der Waals surface area (Å²) in [6.45, 7) is -0.242. The summed E-state index contributed by atoms with van der Waals surface area (Å²) in [7, 11) is 0. The molecule has 0 radical (unpaired) electrons. The van der Waals surface area contributed by atoms with E-state index in [-0.39, 0.29) is 23.6 Å². The van der Waals surface area contributed by atoms with Crippen LogP contribution in [0.1, 0.15) is 15.9 Å². The lowest BCUT2D eigenvalue weighted by molar-refractivity contribution is -0.384. The first kappa shape index (κ1) is 25.5. The Balaban J connectivity index is 1.49. The van der Waals surface area contributed by atoms with Crippen LogP contribution in [0.15, 0.2) is 79.2 Å². The molecule has 0 aliphatic rings. The lowest BCUT2D eigenvalue weighted by atomic mass is 10.2. The van der Waals surface area contributed by atoms with Crippen LogP contribution in [0.4, 0.5) is 5.69 Å². The molecule has 0 saturated carbocycles. The second-order valence-electron chi connectivity index (χ2n) is 6.54. The Morgan fingerprint density at radius 2 is 1.62 bits per heavy atom. The molecule has 12 heteroatoms. The number of non-ortho nitro benzene ring substituents is 1. The highest BCUT2D eigenvalue weighted by molar-refractivity contribution is 9.11. The molecule has 3 aromatic carbocycles. The van der Waals surface area contributed by atoms with Crippen molar-refractivity contribution in [3.05, 3.63) is 95.3 Å². The predicted octanol–water partition coefficient (Wildman–Crippen LogP) is 5.63. The van der Waals surface area contributed by atoms with E-state index >= 15 is 0 Å². The van der Waals surface area contributed by atoms with Crippen LogP contribution < -0.4 is 14.9 Å². The molecule has 34 heavy (non-hydrogen) atoms. The van der Waals surface area contributed by atoms with Crippen molar-refractivity contribution in [2.45, 2.75) is 0 Å². The maximum Gasteiger partial charge on any atom is 0.343 e. The highest BCUT2D eigenvalue weighted by Crippen LogP contribution is 2.36. The summed E-state index contributed by atoms with van der Waals surface area (Å²) in [5.74, 6) is -0.330. The SMILES string of the molecule is O=C(COc1c(Br)cc(Br)cc1Br)N/N=C\c1ccc(OC(=O)c2ccc([N+](=O)[O-])cc2)cc1. The molecule has 0 aromatic heterocycles. The Bertz CT molecular complexity index is 1220. The predicted molar refractivity (Wildman–Crippen MR) is 135 cm³/mol. The largest absolute Gasteiger partial charge is 0.481 e. The normalized spacial score (nSPS) is 10.7. The van der Waals surface area contributed by atoms with Crippen molar-refractivity contribution in [2.24, 2.45) is 5.10 Å². The molecule has 9 nitrogen and oxygen atoms in total. The summed E-state index contributed by atoms with van der Waals surface area (Å²) >= 11 is 10.1. The molecule has 0 aliphatic carbocycles. The molecular weight excluding hydrogens is 642 g/mol. The maximum atomic E-state index is 12.2. The number of nitro groups is 1. The van der Waals surface area contributed by atoms with Gasteiger partial charge in [-0.2, -0.15) is 5.10 Å². The van der Waals surface area contributed by atoms with Gasteiger partial charge in [0.2, 0.25) is 0 Å². The van der Waals surface area contributed by atoms with Crippen molar-refractivity contribution >= 4 is 71.6 Å². The third kappa shape index (κ3) is 7.20. The fraction of sp³-hybridized carbons (Fsp3) is 0.0455. The fourth-order valence-corrected chi connectivity index (χ4v) is 5.01. The number of amides is 1. The van der Waals surface area contributed by atoms with E-state index in [1.807, 2.05) is 0 Å². The van der Waals surface area contributed by atoms with E-state index < -0.39 is 16.8 Å². The van der Waals surface area contributed by atoms with Crippen molar-refractivity contribution in [3.63, 3.8) is 0 Å². The molecule has 0 heterocycles. The van der Waals surface area contributed by atoms with Crippen LogP contribution >= 0.6 is 47.8 Å². The average Bonchev–Trinajstić information content (AvgIpc) is 2.79. The van der Waals surface area contributed by atoms with Gasteiger partial charge in [-0.15, -0.1) is 0 Å². The number of hydrogen-bond donors (Lipinski definition) is 1. The van der Waals surface area contributed by atoms with Crippen molar-refractivity contribution in [3.8, 4) is 11.5 Å². The van der Waals surface area contributed by atoms with Crippen molar-refractivity contribution in [2.75, 3.05) is 6.61 Å². The third-order valence-electron chi connectivity index (χ3n) is 4.12. The molecule has 1 N–H and O–H groups in total. The van der Waals surface area contributed by atoms with Gasteiger partial charge in [0.25, 0.3) is 11.6 Å². The van der Waals surface area contributed by atoms with Crippen LogP contribution in [-0.4, -0.2) is 29.6 Å². The number of nitro benzene ring substituents is 1. The number of nitrogens with zero attached hydrogens (tertiary/aromatic N) is 2. The first-order chi connectivity index (χ1) is 16.2. The Hall–Kier alpha value is -3.09. The monoisotopic (exact) mass is 653 g/mol. The summed E-state index contributed by atoms with van der Waals surface area (Å²) in [4.78, 5) is 34.3. The highest BCUT2D eigenvalue weighted by Gasteiger charge is 2.12. The zero-order chi connectivity index (χ0) is 24.7.